The highest BCUT2D eigenvalue weighted by Crippen LogP contribution is 2.43. The van der Waals surface area contributed by atoms with Crippen LogP contribution in [0.5, 0.6) is 0 Å². The molecule has 3 N–H and O–H groups in total. The number of aromatic nitrogens is 2. The van der Waals surface area contributed by atoms with E-state index < -0.39 is 0 Å². The highest BCUT2D eigenvalue weighted by molar-refractivity contribution is 6.36. The number of rotatable bonds is 2. The number of nitrogens with two attached hydrogens (primary N) is 1. The molecule has 0 radical (unpaired) electrons. The average molecular weight is 353 g/mol. The third kappa shape index (κ3) is 2.46. The summed E-state index contributed by atoms with van der Waals surface area (Å²) in [5, 5.41) is 11.1. The van der Waals surface area contributed by atoms with Crippen molar-refractivity contribution < 1.29 is 5.11 Å². The molecule has 0 bridgehead atoms. The Labute approximate surface area is 150 Å². The SMILES string of the molecule is [C-]#[N+]c1cc2c(-c3cncc(N)c3Cl)cn(C3CC(O)C3)c2cc1C. The number of aryl methyl sites for hydroxylation is 1. The van der Waals surface area contributed by atoms with Gasteiger partial charge in [-0.05, 0) is 42.8 Å². The van der Waals surface area contributed by atoms with Gasteiger partial charge in [0.2, 0.25) is 0 Å². The second-order valence-electron chi connectivity index (χ2n) is 6.59. The molecule has 3 aromatic rings. The summed E-state index contributed by atoms with van der Waals surface area (Å²) in [5.74, 6) is 0. The van der Waals surface area contributed by atoms with Gasteiger partial charge in [0, 0.05) is 35.1 Å². The molecule has 4 rings (SSSR count). The van der Waals surface area contributed by atoms with Crippen molar-refractivity contribution in [1.29, 1.82) is 0 Å². The van der Waals surface area contributed by atoms with Crippen LogP contribution < -0.4 is 5.73 Å². The third-order valence-corrected chi connectivity index (χ3v) is 5.37. The van der Waals surface area contributed by atoms with Crippen molar-refractivity contribution in [2.45, 2.75) is 31.9 Å². The standard InChI is InChI=1S/C19H17ClN4O/c1-10-3-18-13(6-17(10)22-2)15(9-24(18)11-4-12(25)5-11)14-7-23-8-16(21)19(14)20/h3,6-9,11-12,25H,4-5,21H2,1H3. The van der Waals surface area contributed by atoms with Crippen molar-refractivity contribution in [3.63, 3.8) is 0 Å². The van der Waals surface area contributed by atoms with Crippen molar-refractivity contribution in [2.24, 2.45) is 0 Å². The molecule has 0 saturated heterocycles. The Kier molecular flexibility index (Phi) is 3.68. The van der Waals surface area contributed by atoms with Gasteiger partial charge in [0.05, 0.1) is 29.6 Å². The van der Waals surface area contributed by atoms with E-state index in [9.17, 15) is 5.11 Å². The second-order valence-corrected chi connectivity index (χ2v) is 6.96. The van der Waals surface area contributed by atoms with Gasteiger partial charge in [0.15, 0.2) is 5.69 Å². The minimum atomic E-state index is -0.243. The van der Waals surface area contributed by atoms with Gasteiger partial charge in [-0.2, -0.15) is 0 Å². The van der Waals surface area contributed by atoms with E-state index >= 15 is 0 Å². The molecule has 0 aliphatic heterocycles. The zero-order valence-electron chi connectivity index (χ0n) is 13.7. The molecule has 0 spiro atoms. The Morgan fingerprint density at radius 1 is 1.32 bits per heavy atom. The van der Waals surface area contributed by atoms with E-state index in [1.54, 1.807) is 6.20 Å². The smallest absolute Gasteiger partial charge is 0.190 e. The first-order chi connectivity index (χ1) is 12.0. The molecule has 1 aromatic carbocycles. The number of nitrogen functional groups attached to an aromatic ring is 1. The summed E-state index contributed by atoms with van der Waals surface area (Å²) >= 11 is 6.42. The van der Waals surface area contributed by atoms with E-state index in [1.807, 2.05) is 25.3 Å². The first-order valence-electron chi connectivity index (χ1n) is 8.09. The van der Waals surface area contributed by atoms with Gasteiger partial charge in [-0.1, -0.05) is 11.6 Å². The summed E-state index contributed by atoms with van der Waals surface area (Å²) in [7, 11) is 0. The minimum Gasteiger partial charge on any atom is -0.396 e. The lowest BCUT2D eigenvalue weighted by Gasteiger charge is -2.33. The van der Waals surface area contributed by atoms with Gasteiger partial charge in [0.1, 0.15) is 0 Å². The van der Waals surface area contributed by atoms with Gasteiger partial charge >= 0.3 is 0 Å². The van der Waals surface area contributed by atoms with E-state index in [1.165, 1.54) is 6.20 Å². The van der Waals surface area contributed by atoms with Crippen LogP contribution in [-0.2, 0) is 0 Å². The van der Waals surface area contributed by atoms with Gasteiger partial charge in [-0.3, -0.25) is 4.98 Å². The molecule has 1 saturated carbocycles. The maximum absolute atomic E-state index is 9.69. The van der Waals surface area contributed by atoms with E-state index in [2.05, 4.69) is 14.4 Å². The van der Waals surface area contributed by atoms with Crippen molar-refractivity contribution in [3.8, 4) is 11.1 Å². The fourth-order valence-corrected chi connectivity index (χ4v) is 3.66. The number of aliphatic hydroxyl groups is 1. The van der Waals surface area contributed by atoms with E-state index in [-0.39, 0.29) is 12.1 Å². The normalized spacial score (nSPS) is 19.6. The van der Waals surface area contributed by atoms with Crippen LogP contribution in [0.1, 0.15) is 24.4 Å². The maximum Gasteiger partial charge on any atom is 0.190 e. The van der Waals surface area contributed by atoms with Crippen molar-refractivity contribution in [3.05, 3.63) is 52.7 Å². The monoisotopic (exact) mass is 352 g/mol. The number of halogens is 1. The van der Waals surface area contributed by atoms with Gasteiger partial charge in [-0.15, -0.1) is 0 Å². The Morgan fingerprint density at radius 3 is 2.76 bits per heavy atom. The lowest BCUT2D eigenvalue weighted by atomic mass is 9.89. The quantitative estimate of drug-likeness (QED) is 0.667. The van der Waals surface area contributed by atoms with Crippen LogP contribution in [0.4, 0.5) is 11.4 Å². The Bertz CT molecular complexity index is 1030. The topological polar surface area (TPSA) is 68.4 Å². The predicted octanol–water partition coefficient (Wildman–Crippen LogP) is 4.49. The lowest BCUT2D eigenvalue weighted by Crippen LogP contribution is -2.30. The summed E-state index contributed by atoms with van der Waals surface area (Å²) < 4.78 is 2.18. The van der Waals surface area contributed by atoms with E-state index in [0.717, 1.165) is 40.4 Å². The number of fused-ring (bicyclic) bond motifs is 1. The maximum atomic E-state index is 9.69. The summed E-state index contributed by atoms with van der Waals surface area (Å²) in [5.41, 5.74) is 10.6. The van der Waals surface area contributed by atoms with Crippen LogP contribution >= 0.6 is 11.6 Å². The molecule has 6 heteroatoms. The molecule has 0 unspecified atom stereocenters. The molecule has 1 aliphatic rings. The highest BCUT2D eigenvalue weighted by atomic mass is 35.5. The van der Waals surface area contributed by atoms with E-state index in [0.29, 0.717) is 16.4 Å². The number of nitrogens with zero attached hydrogens (tertiary/aromatic N) is 3. The van der Waals surface area contributed by atoms with Crippen LogP contribution in [0.3, 0.4) is 0 Å². The van der Waals surface area contributed by atoms with Gasteiger partial charge in [0.25, 0.3) is 0 Å². The second kappa shape index (κ2) is 5.76. The molecule has 25 heavy (non-hydrogen) atoms. The van der Waals surface area contributed by atoms with Crippen LogP contribution in [0.15, 0.2) is 30.7 Å². The van der Waals surface area contributed by atoms with E-state index in [4.69, 9.17) is 23.9 Å². The number of benzene rings is 1. The van der Waals surface area contributed by atoms with Gasteiger partial charge in [-0.25, -0.2) is 4.85 Å². The van der Waals surface area contributed by atoms with Crippen molar-refractivity contribution >= 4 is 33.9 Å². The Hall–Kier alpha value is -2.55. The molecular formula is C19H17ClN4O. The molecule has 2 heterocycles. The predicted molar refractivity (Wildman–Crippen MR) is 99.9 cm³/mol. The number of pyridine rings is 1. The summed E-state index contributed by atoms with van der Waals surface area (Å²) in [6.07, 6.45) is 6.49. The number of aliphatic hydroxyl groups excluding tert-OH is 1. The number of hydrogen-bond acceptors (Lipinski definition) is 3. The van der Waals surface area contributed by atoms with Crippen LogP contribution in [-0.4, -0.2) is 20.8 Å². The molecule has 0 atom stereocenters. The average Bonchev–Trinajstić information content (AvgIpc) is 2.91. The van der Waals surface area contributed by atoms with Crippen molar-refractivity contribution in [1.82, 2.24) is 9.55 Å². The first kappa shape index (κ1) is 15.9. The Morgan fingerprint density at radius 2 is 2.08 bits per heavy atom. The zero-order valence-corrected chi connectivity index (χ0v) is 14.5. The van der Waals surface area contributed by atoms with Gasteiger partial charge < -0.3 is 15.4 Å². The fourth-order valence-electron chi connectivity index (χ4n) is 3.46. The third-order valence-electron chi connectivity index (χ3n) is 4.95. The minimum absolute atomic E-state index is 0.243. The fraction of sp³-hybridized carbons (Fsp3) is 0.263. The molecule has 5 nitrogen and oxygen atoms in total. The first-order valence-corrected chi connectivity index (χ1v) is 8.47. The molecule has 1 aliphatic carbocycles. The van der Waals surface area contributed by atoms with Crippen LogP contribution in [0, 0.1) is 13.5 Å². The van der Waals surface area contributed by atoms with Crippen LogP contribution in [0.2, 0.25) is 5.02 Å². The molecular weight excluding hydrogens is 336 g/mol. The molecule has 2 aromatic heterocycles. The summed E-state index contributed by atoms with van der Waals surface area (Å²) in [4.78, 5) is 7.79. The van der Waals surface area contributed by atoms with Crippen molar-refractivity contribution in [2.75, 3.05) is 5.73 Å². The zero-order chi connectivity index (χ0) is 17.7. The van der Waals surface area contributed by atoms with Crippen LogP contribution in [0.25, 0.3) is 26.9 Å². The largest absolute Gasteiger partial charge is 0.396 e. The molecule has 1 fully saturated rings. The lowest BCUT2D eigenvalue weighted by molar-refractivity contribution is 0.0504. The highest BCUT2D eigenvalue weighted by Gasteiger charge is 2.30. The number of anilines is 1. The summed E-state index contributed by atoms with van der Waals surface area (Å²) in [6.45, 7) is 9.34. The number of hydrogen-bond donors (Lipinski definition) is 2. The Balaban J connectivity index is 2.00. The molecule has 0 amide bonds. The molecule has 126 valence electrons. The summed E-state index contributed by atoms with van der Waals surface area (Å²) in [6, 6.07) is 4.18.